The van der Waals surface area contributed by atoms with E-state index >= 15 is 0 Å². The maximum Gasteiger partial charge on any atom is 0.326 e. The largest absolute Gasteiger partial charge is 0.496 e. The molecule has 4 aromatic carbocycles. The van der Waals surface area contributed by atoms with Gasteiger partial charge in [0.25, 0.3) is 5.91 Å². The van der Waals surface area contributed by atoms with Gasteiger partial charge in [-0.1, -0.05) is 47.1 Å². The number of amides is 3. The van der Waals surface area contributed by atoms with Gasteiger partial charge in [0.1, 0.15) is 17.2 Å². The average Bonchev–Trinajstić information content (AvgIpc) is 2.97. The highest BCUT2D eigenvalue weighted by Gasteiger charge is 2.28. The van der Waals surface area contributed by atoms with Gasteiger partial charge in [-0.25, -0.2) is 9.69 Å². The van der Waals surface area contributed by atoms with Crippen LogP contribution in [0.25, 0.3) is 0 Å². The fourth-order valence-corrected chi connectivity index (χ4v) is 6.61. The van der Waals surface area contributed by atoms with Gasteiger partial charge in [-0.15, -0.1) is 0 Å². The van der Waals surface area contributed by atoms with E-state index in [1.807, 2.05) is 25.1 Å². The first kappa shape index (κ1) is 29.8. The number of aryl methyl sites for hydroxylation is 2. The van der Waals surface area contributed by atoms with Crippen LogP contribution in [0, 0.1) is 13.8 Å². The van der Waals surface area contributed by atoms with E-state index in [0.29, 0.717) is 17.1 Å². The third kappa shape index (κ3) is 6.09. The van der Waals surface area contributed by atoms with E-state index in [-0.39, 0.29) is 16.3 Å². The highest BCUT2D eigenvalue weighted by Crippen LogP contribution is 2.42. The molecule has 42 heavy (non-hydrogen) atoms. The molecule has 0 unspecified atom stereocenters. The quantitative estimate of drug-likeness (QED) is 0.223. The Bertz CT molecular complexity index is 1690. The van der Waals surface area contributed by atoms with Crippen LogP contribution in [0.2, 0.25) is 10.0 Å². The Morgan fingerprint density at radius 3 is 2.26 bits per heavy atom. The number of nitrogens with two attached hydrogens (primary N) is 1. The smallest absolute Gasteiger partial charge is 0.326 e. The summed E-state index contributed by atoms with van der Waals surface area (Å²) < 4.78 is 11.7. The molecule has 9 heteroatoms. The van der Waals surface area contributed by atoms with Crippen molar-refractivity contribution in [3.05, 3.63) is 105 Å². The van der Waals surface area contributed by atoms with Crippen molar-refractivity contribution in [3.8, 4) is 17.2 Å². The summed E-state index contributed by atoms with van der Waals surface area (Å²) in [5, 5.41) is 0.995. The molecule has 0 bridgehead atoms. The number of carbonyl (C=O) groups is 2. The molecule has 6 nitrogen and oxygen atoms in total. The number of hydrogen-bond donors (Lipinski definition) is 1. The Kier molecular flexibility index (Phi) is 9.02. The standard InChI is InChI=1S/C33H30Cl2N2O4S/c1-19-7-6-10-29(40-3)31(19)32(38)37(33(36)39)21-11-14-28(26(35)18-21)41-27-15-16-30(24-9-5-4-8-23(24)27)42-22-12-13-25(34)20(2)17-22/h6-7,10-18H,4-5,8-9H2,1-3H3,(H2,36,39). The van der Waals surface area contributed by atoms with Crippen LogP contribution in [0.5, 0.6) is 17.2 Å². The molecular weight excluding hydrogens is 591 g/mol. The van der Waals surface area contributed by atoms with Gasteiger partial charge in [0, 0.05) is 14.8 Å². The summed E-state index contributed by atoms with van der Waals surface area (Å²) in [6, 6.07) is 19.1. The Hall–Kier alpha value is -3.65. The second-order valence-electron chi connectivity index (χ2n) is 10.1. The average molecular weight is 622 g/mol. The number of urea groups is 1. The van der Waals surface area contributed by atoms with Gasteiger partial charge >= 0.3 is 6.03 Å². The second-order valence-corrected chi connectivity index (χ2v) is 12.0. The summed E-state index contributed by atoms with van der Waals surface area (Å²) >= 11 is 14.6. The molecule has 0 saturated carbocycles. The fourth-order valence-electron chi connectivity index (χ4n) is 5.17. The lowest BCUT2D eigenvalue weighted by atomic mass is 9.91. The van der Waals surface area contributed by atoms with Gasteiger partial charge in [0.2, 0.25) is 0 Å². The van der Waals surface area contributed by atoms with Gasteiger partial charge in [0.05, 0.1) is 23.4 Å². The van der Waals surface area contributed by atoms with E-state index in [1.54, 1.807) is 49.0 Å². The lowest BCUT2D eigenvalue weighted by Gasteiger charge is -2.24. The molecule has 0 aliphatic heterocycles. The molecule has 2 N–H and O–H groups in total. The number of primary amides is 1. The van der Waals surface area contributed by atoms with Crippen molar-refractivity contribution in [2.45, 2.75) is 49.3 Å². The summed E-state index contributed by atoms with van der Waals surface area (Å²) in [7, 11) is 1.46. The number of halogens is 2. The zero-order chi connectivity index (χ0) is 30.0. The molecule has 5 rings (SSSR count). The summed E-state index contributed by atoms with van der Waals surface area (Å²) in [6.07, 6.45) is 4.05. The van der Waals surface area contributed by atoms with Crippen LogP contribution in [0.1, 0.15) is 45.5 Å². The van der Waals surface area contributed by atoms with Crippen LogP contribution in [0.4, 0.5) is 10.5 Å². The predicted octanol–water partition coefficient (Wildman–Crippen LogP) is 9.17. The molecular formula is C33H30Cl2N2O4S. The predicted molar refractivity (Wildman–Crippen MR) is 169 cm³/mol. The van der Waals surface area contributed by atoms with Gasteiger partial charge in [-0.2, -0.15) is 0 Å². The zero-order valence-corrected chi connectivity index (χ0v) is 25.8. The van der Waals surface area contributed by atoms with Crippen LogP contribution in [-0.4, -0.2) is 19.0 Å². The number of imide groups is 1. The Labute approximate surface area is 259 Å². The number of benzene rings is 4. The molecule has 0 fully saturated rings. The number of rotatable bonds is 7. The first-order valence-electron chi connectivity index (χ1n) is 13.5. The van der Waals surface area contributed by atoms with Gasteiger partial charge in [0.15, 0.2) is 0 Å². The number of ether oxygens (including phenoxy) is 2. The first-order valence-corrected chi connectivity index (χ1v) is 15.1. The third-order valence-electron chi connectivity index (χ3n) is 7.29. The van der Waals surface area contributed by atoms with Crippen molar-refractivity contribution >= 4 is 52.6 Å². The normalized spacial score (nSPS) is 12.4. The van der Waals surface area contributed by atoms with E-state index in [2.05, 4.69) is 12.1 Å². The molecule has 3 amide bonds. The van der Waals surface area contributed by atoms with Gasteiger partial charge in [-0.3, -0.25) is 4.79 Å². The van der Waals surface area contributed by atoms with E-state index < -0.39 is 11.9 Å². The van der Waals surface area contributed by atoms with Crippen molar-refractivity contribution in [2.75, 3.05) is 12.0 Å². The number of nitrogens with zero attached hydrogens (tertiary/aromatic N) is 1. The Morgan fingerprint density at radius 1 is 0.833 bits per heavy atom. The van der Waals surface area contributed by atoms with E-state index in [9.17, 15) is 9.59 Å². The van der Waals surface area contributed by atoms with E-state index in [0.717, 1.165) is 57.4 Å². The number of anilines is 1. The minimum absolute atomic E-state index is 0.224. The SMILES string of the molecule is COc1cccc(C)c1C(=O)N(C(N)=O)c1ccc(Oc2ccc(Sc3ccc(Cl)c(C)c3)c3c2CCCC3)c(Cl)c1. The maximum atomic E-state index is 13.5. The molecule has 0 saturated heterocycles. The van der Waals surface area contributed by atoms with Crippen LogP contribution in [-0.2, 0) is 12.8 Å². The lowest BCUT2D eigenvalue weighted by molar-refractivity contribution is 0.0991. The van der Waals surface area contributed by atoms with Crippen molar-refractivity contribution in [1.29, 1.82) is 0 Å². The van der Waals surface area contributed by atoms with Gasteiger partial charge < -0.3 is 15.2 Å². The fraction of sp³-hybridized carbons (Fsp3) is 0.212. The summed E-state index contributed by atoms with van der Waals surface area (Å²) in [4.78, 5) is 29.2. The van der Waals surface area contributed by atoms with Gasteiger partial charge in [-0.05, 0) is 116 Å². The molecule has 1 aliphatic rings. The Balaban J connectivity index is 1.44. The lowest BCUT2D eigenvalue weighted by Crippen LogP contribution is -2.41. The summed E-state index contributed by atoms with van der Waals surface area (Å²) in [6.45, 7) is 3.77. The number of methoxy groups -OCH3 is 1. The van der Waals surface area contributed by atoms with E-state index in [4.69, 9.17) is 38.4 Å². The van der Waals surface area contributed by atoms with Crippen LogP contribution in [0.15, 0.2) is 76.5 Å². The van der Waals surface area contributed by atoms with Crippen molar-refractivity contribution in [3.63, 3.8) is 0 Å². The molecule has 4 aromatic rings. The molecule has 0 atom stereocenters. The molecule has 216 valence electrons. The molecule has 0 spiro atoms. The Morgan fingerprint density at radius 2 is 1.57 bits per heavy atom. The summed E-state index contributed by atoms with van der Waals surface area (Å²) in [5.74, 6) is 0.880. The minimum Gasteiger partial charge on any atom is -0.496 e. The maximum absolute atomic E-state index is 13.5. The highest BCUT2D eigenvalue weighted by atomic mass is 35.5. The molecule has 1 aliphatic carbocycles. The van der Waals surface area contributed by atoms with E-state index in [1.165, 1.54) is 23.6 Å². The minimum atomic E-state index is -0.937. The van der Waals surface area contributed by atoms with Crippen LogP contribution < -0.4 is 20.1 Å². The molecule has 0 aromatic heterocycles. The summed E-state index contributed by atoms with van der Waals surface area (Å²) in [5.41, 5.74) is 10.3. The highest BCUT2D eigenvalue weighted by molar-refractivity contribution is 7.99. The van der Waals surface area contributed by atoms with Crippen molar-refractivity contribution in [1.82, 2.24) is 0 Å². The topological polar surface area (TPSA) is 81.9 Å². The number of carbonyl (C=O) groups excluding carboxylic acids is 2. The van der Waals surface area contributed by atoms with Crippen LogP contribution in [0.3, 0.4) is 0 Å². The molecule has 0 heterocycles. The second kappa shape index (κ2) is 12.7. The third-order valence-corrected chi connectivity index (χ3v) is 9.10. The van der Waals surface area contributed by atoms with Crippen molar-refractivity contribution in [2.24, 2.45) is 5.73 Å². The zero-order valence-electron chi connectivity index (χ0n) is 23.5. The van der Waals surface area contributed by atoms with Crippen molar-refractivity contribution < 1.29 is 19.1 Å². The first-order chi connectivity index (χ1) is 20.2. The number of hydrogen-bond acceptors (Lipinski definition) is 5. The number of fused-ring (bicyclic) bond motifs is 1. The molecule has 0 radical (unpaired) electrons. The van der Waals surface area contributed by atoms with Crippen LogP contribution >= 0.6 is 35.0 Å². The monoisotopic (exact) mass is 620 g/mol.